The molecular formula is C19H19ClN2O5S3. The molecule has 0 atom stereocenters. The van der Waals surface area contributed by atoms with E-state index in [1.54, 1.807) is 36.0 Å². The Morgan fingerprint density at radius 3 is 2.37 bits per heavy atom. The van der Waals surface area contributed by atoms with Crippen LogP contribution in [0.3, 0.4) is 0 Å². The molecule has 160 valence electrons. The fourth-order valence-electron chi connectivity index (χ4n) is 2.43. The monoisotopic (exact) mass is 486 g/mol. The summed E-state index contributed by atoms with van der Waals surface area (Å²) in [5.74, 6) is -0.0797. The number of nitrogen functional groups attached to an aromatic ring is 1. The van der Waals surface area contributed by atoms with E-state index >= 15 is 0 Å². The quantitative estimate of drug-likeness (QED) is 0.192. The Hall–Kier alpha value is -1.95. The number of aryl methyl sites for hydroxylation is 1. The van der Waals surface area contributed by atoms with Crippen molar-refractivity contribution < 1.29 is 26.5 Å². The van der Waals surface area contributed by atoms with Gasteiger partial charge in [0.05, 0.1) is 7.11 Å². The summed E-state index contributed by atoms with van der Waals surface area (Å²) in [6, 6.07) is 10.9. The van der Waals surface area contributed by atoms with E-state index in [-0.39, 0.29) is 5.78 Å². The molecule has 0 saturated heterocycles. The van der Waals surface area contributed by atoms with E-state index in [2.05, 4.69) is 4.18 Å². The Morgan fingerprint density at radius 2 is 1.87 bits per heavy atom. The lowest BCUT2D eigenvalue weighted by Gasteiger charge is -2.01. The minimum atomic E-state index is -4.41. The highest BCUT2D eigenvalue weighted by molar-refractivity contribution is 8.00. The second kappa shape index (κ2) is 10.4. The fraction of sp³-hybridized carbons (Fsp3) is 0.158. The van der Waals surface area contributed by atoms with E-state index in [0.717, 1.165) is 22.6 Å². The second-order valence-electron chi connectivity index (χ2n) is 5.88. The highest BCUT2D eigenvalue weighted by Gasteiger charge is 2.27. The molecule has 0 amide bonds. The topological polar surface area (TPSA) is 113 Å². The molecule has 0 fully saturated rings. The number of nitrogens with zero attached hydrogens (tertiary/aromatic N) is 1. The molecule has 2 N–H and O–H groups in total. The van der Waals surface area contributed by atoms with Gasteiger partial charge in [0.2, 0.25) is 16.2 Å². The Bertz CT molecular complexity index is 1150. The van der Waals surface area contributed by atoms with Gasteiger partial charge in [-0.2, -0.15) is 4.57 Å². The van der Waals surface area contributed by atoms with E-state index in [0.29, 0.717) is 21.2 Å². The summed E-state index contributed by atoms with van der Waals surface area (Å²) in [5.41, 5.74) is 9.45. The first-order valence-corrected chi connectivity index (χ1v) is 12.1. The van der Waals surface area contributed by atoms with Gasteiger partial charge >= 0.3 is 0 Å². The molecule has 30 heavy (non-hydrogen) atoms. The van der Waals surface area contributed by atoms with Crippen molar-refractivity contribution in [1.82, 2.24) is 0 Å². The van der Waals surface area contributed by atoms with Gasteiger partial charge in [0.25, 0.3) is 5.69 Å². The van der Waals surface area contributed by atoms with Crippen LogP contribution in [0.1, 0.15) is 20.8 Å². The Balaban J connectivity index is 0.000000469. The van der Waals surface area contributed by atoms with Gasteiger partial charge in [-0.15, -0.1) is 23.1 Å². The molecular weight excluding hydrogens is 468 g/mol. The molecule has 3 rings (SSSR count). The number of aromatic nitrogens is 1. The zero-order chi connectivity index (χ0) is 22.5. The summed E-state index contributed by atoms with van der Waals surface area (Å²) >= 11 is 8.92. The summed E-state index contributed by atoms with van der Waals surface area (Å²) in [6.07, 6.45) is 5.94. The third-order valence-corrected chi connectivity index (χ3v) is 6.76. The van der Waals surface area contributed by atoms with Crippen molar-refractivity contribution in [2.75, 3.05) is 19.1 Å². The predicted octanol–water partition coefficient (Wildman–Crippen LogP) is 3.61. The first-order valence-electron chi connectivity index (χ1n) is 8.33. The summed E-state index contributed by atoms with van der Waals surface area (Å²) in [6.45, 7) is 2.03. The fourth-order valence-corrected chi connectivity index (χ4v) is 4.46. The molecule has 3 aromatic rings. The molecule has 0 spiro atoms. The lowest BCUT2D eigenvalue weighted by Crippen LogP contribution is -2.31. The van der Waals surface area contributed by atoms with Crippen molar-refractivity contribution >= 4 is 56.6 Å². The van der Waals surface area contributed by atoms with E-state index < -0.39 is 10.4 Å². The number of ketones is 1. The smallest absolute Gasteiger partial charge is 0.259 e. The molecule has 2 heterocycles. The molecule has 7 nitrogen and oxygen atoms in total. The highest BCUT2D eigenvalue weighted by Crippen LogP contribution is 2.38. The van der Waals surface area contributed by atoms with Gasteiger partial charge < -0.3 is 10.3 Å². The van der Waals surface area contributed by atoms with Crippen LogP contribution in [0.5, 0.6) is 0 Å². The lowest BCUT2D eigenvalue weighted by molar-refractivity contribution is -0.597. The minimum Gasteiger partial charge on any atom is -0.726 e. The number of halogens is 1. The highest BCUT2D eigenvalue weighted by atomic mass is 35.5. The van der Waals surface area contributed by atoms with Gasteiger partial charge in [0.15, 0.2) is 12.4 Å². The second-order valence-corrected chi connectivity index (χ2v) is 9.57. The molecule has 0 radical (unpaired) electrons. The number of thiophene rings is 1. The maximum Gasteiger partial charge on any atom is 0.259 e. The number of thioether (sulfide) groups is 1. The van der Waals surface area contributed by atoms with Crippen LogP contribution in [0.15, 0.2) is 53.0 Å². The number of benzene rings is 1. The van der Waals surface area contributed by atoms with Crippen LogP contribution in [0.4, 0.5) is 5.69 Å². The van der Waals surface area contributed by atoms with Gasteiger partial charge in [0, 0.05) is 22.2 Å². The molecule has 11 heteroatoms. The van der Waals surface area contributed by atoms with E-state index in [9.17, 15) is 17.8 Å². The summed E-state index contributed by atoms with van der Waals surface area (Å²) in [4.78, 5) is 13.4. The van der Waals surface area contributed by atoms with Gasteiger partial charge in [-0.3, -0.25) is 8.98 Å². The SMILES string of the molecule is COS(=O)(=O)[O-].CSc1sc(C(=O)c2ccc(Cl)cc2)c(N)c1-[n+]1cccc(C)c1. The molecule has 1 aromatic carbocycles. The van der Waals surface area contributed by atoms with Crippen molar-refractivity contribution in [3.05, 3.63) is 69.8 Å². The summed E-state index contributed by atoms with van der Waals surface area (Å²) < 4.78 is 34.0. The van der Waals surface area contributed by atoms with Gasteiger partial charge in [-0.05, 0) is 43.5 Å². The molecule has 0 saturated carbocycles. The Labute approximate surface area is 188 Å². The number of nitrogens with two attached hydrogens (primary N) is 1. The van der Waals surface area contributed by atoms with E-state index in [1.807, 2.05) is 42.3 Å². The summed E-state index contributed by atoms with van der Waals surface area (Å²) in [5, 5.41) is 0.603. The van der Waals surface area contributed by atoms with Crippen LogP contribution in [0.2, 0.25) is 5.02 Å². The number of pyridine rings is 1. The zero-order valence-corrected chi connectivity index (χ0v) is 19.5. The lowest BCUT2D eigenvalue weighted by atomic mass is 10.1. The maximum atomic E-state index is 12.8. The largest absolute Gasteiger partial charge is 0.726 e. The average Bonchev–Trinajstić information content (AvgIpc) is 3.04. The number of carbonyl (C=O) groups is 1. The number of rotatable bonds is 5. The van der Waals surface area contributed by atoms with Crippen molar-refractivity contribution in [3.8, 4) is 5.69 Å². The van der Waals surface area contributed by atoms with Crippen LogP contribution in [0, 0.1) is 6.92 Å². The van der Waals surface area contributed by atoms with E-state index in [1.165, 1.54) is 11.3 Å². The van der Waals surface area contributed by atoms with Crippen molar-refractivity contribution in [2.24, 2.45) is 0 Å². The molecule has 0 unspecified atom stereocenters. The molecule has 0 aliphatic heterocycles. The molecule has 0 bridgehead atoms. The third-order valence-electron chi connectivity index (χ3n) is 3.80. The summed E-state index contributed by atoms with van der Waals surface area (Å²) in [7, 11) is -3.60. The Kier molecular flexibility index (Phi) is 8.42. The minimum absolute atomic E-state index is 0.0797. The third kappa shape index (κ3) is 6.27. The molecule has 0 aliphatic carbocycles. The van der Waals surface area contributed by atoms with Crippen molar-refractivity contribution in [2.45, 2.75) is 11.1 Å². The predicted molar refractivity (Wildman–Crippen MR) is 118 cm³/mol. The Morgan fingerprint density at radius 1 is 1.27 bits per heavy atom. The number of hydrogen-bond donors (Lipinski definition) is 1. The van der Waals surface area contributed by atoms with E-state index in [4.69, 9.17) is 17.3 Å². The first kappa shape index (κ1) is 24.3. The average molecular weight is 487 g/mol. The van der Waals surface area contributed by atoms with Crippen LogP contribution in [-0.4, -0.2) is 32.1 Å². The molecule has 2 aromatic heterocycles. The van der Waals surface area contributed by atoms with Crippen LogP contribution >= 0.6 is 34.7 Å². The number of hydrogen-bond acceptors (Lipinski definition) is 8. The van der Waals surface area contributed by atoms with Crippen molar-refractivity contribution in [1.29, 1.82) is 0 Å². The van der Waals surface area contributed by atoms with Gasteiger partial charge in [-0.1, -0.05) is 11.6 Å². The standard InChI is InChI=1S/C18H15ClN2OS2.CH4O4S/c1-11-4-3-9-21(10-11)15-14(20)17(24-18(15)23-2)16(22)12-5-7-13(19)8-6-12;1-5-6(2,3)4/h3-10H,1-2H3,(H-,20,22);1H3,(H,2,3,4). The maximum absolute atomic E-state index is 12.8. The first-order chi connectivity index (χ1) is 14.1. The van der Waals surface area contributed by atoms with Crippen LogP contribution < -0.4 is 10.3 Å². The van der Waals surface area contributed by atoms with Gasteiger partial charge in [0.1, 0.15) is 14.8 Å². The van der Waals surface area contributed by atoms with Gasteiger partial charge in [-0.25, -0.2) is 8.42 Å². The zero-order valence-electron chi connectivity index (χ0n) is 16.3. The normalized spacial score (nSPS) is 11.0. The number of carbonyl (C=O) groups excluding carboxylic acids is 1. The van der Waals surface area contributed by atoms with Crippen LogP contribution in [-0.2, 0) is 14.6 Å². The number of anilines is 1. The van der Waals surface area contributed by atoms with Crippen molar-refractivity contribution in [3.63, 3.8) is 0 Å². The van der Waals surface area contributed by atoms with Crippen LogP contribution in [0.25, 0.3) is 5.69 Å². The molecule has 0 aliphatic rings.